The van der Waals surface area contributed by atoms with Gasteiger partial charge >= 0.3 is 0 Å². The lowest BCUT2D eigenvalue weighted by Crippen LogP contribution is -2.39. The monoisotopic (exact) mass is 406 g/mol. The van der Waals surface area contributed by atoms with Crippen molar-refractivity contribution < 1.29 is 9.59 Å². The number of fused-ring (bicyclic) bond motifs is 1. The van der Waals surface area contributed by atoms with Crippen molar-refractivity contribution in [3.8, 4) is 0 Å². The van der Waals surface area contributed by atoms with E-state index >= 15 is 0 Å². The van der Waals surface area contributed by atoms with Gasteiger partial charge in [0.15, 0.2) is 5.82 Å². The van der Waals surface area contributed by atoms with Gasteiger partial charge in [-0.05, 0) is 26.3 Å². The molecule has 2 aromatic heterocycles. The number of carbonyl (C=O) groups excluding carboxylic acids is 2. The minimum atomic E-state index is -0.289. The Bertz CT molecular complexity index is 1080. The van der Waals surface area contributed by atoms with Crippen LogP contribution in [-0.2, 0) is 26.2 Å². The number of nitrogens with zero attached hydrogens (tertiary/aromatic N) is 5. The number of carbonyl (C=O) groups is 2. The van der Waals surface area contributed by atoms with E-state index in [1.165, 1.54) is 0 Å². The number of imidazole rings is 1. The fourth-order valence-corrected chi connectivity index (χ4v) is 3.85. The molecule has 30 heavy (non-hydrogen) atoms. The van der Waals surface area contributed by atoms with Crippen molar-refractivity contribution in [1.29, 1.82) is 0 Å². The second-order valence-corrected chi connectivity index (χ2v) is 7.50. The van der Waals surface area contributed by atoms with E-state index in [9.17, 15) is 9.59 Å². The van der Waals surface area contributed by atoms with Gasteiger partial charge in [-0.1, -0.05) is 30.3 Å². The van der Waals surface area contributed by atoms with E-state index in [1.54, 1.807) is 15.7 Å². The largest absolute Gasteiger partial charge is 0.346 e. The van der Waals surface area contributed by atoms with Crippen molar-refractivity contribution in [3.63, 3.8) is 0 Å². The first-order valence-corrected chi connectivity index (χ1v) is 10.2. The molecular formula is C22H26N6O2. The average molecular weight is 406 g/mol. The summed E-state index contributed by atoms with van der Waals surface area (Å²) in [5.74, 6) is -0.129. The number of aryl methyl sites for hydroxylation is 2. The topological polar surface area (TPSA) is 85.0 Å². The van der Waals surface area contributed by atoms with Crippen molar-refractivity contribution in [2.24, 2.45) is 0 Å². The van der Waals surface area contributed by atoms with Crippen LogP contribution in [0.2, 0.25) is 0 Å². The molecule has 1 aliphatic rings. The molecule has 0 unspecified atom stereocenters. The third kappa shape index (κ3) is 3.72. The van der Waals surface area contributed by atoms with Crippen LogP contribution in [0.4, 0.5) is 0 Å². The van der Waals surface area contributed by atoms with Crippen LogP contribution in [-0.4, -0.2) is 42.6 Å². The van der Waals surface area contributed by atoms with Crippen molar-refractivity contribution >= 4 is 11.8 Å². The third-order valence-electron chi connectivity index (χ3n) is 5.57. The molecule has 0 fully saturated rings. The summed E-state index contributed by atoms with van der Waals surface area (Å²) in [5, 5.41) is 7.40. The molecule has 3 heterocycles. The quantitative estimate of drug-likeness (QED) is 0.681. The summed E-state index contributed by atoms with van der Waals surface area (Å²) in [5.41, 5.74) is 4.30. The smallest absolute Gasteiger partial charge is 0.290 e. The number of hydrogen-bond acceptors (Lipinski definition) is 4. The lowest BCUT2D eigenvalue weighted by molar-refractivity contribution is 0.0683. The highest BCUT2D eigenvalue weighted by atomic mass is 16.2. The van der Waals surface area contributed by atoms with Gasteiger partial charge in [-0.3, -0.25) is 14.3 Å². The standard InChI is InChI=1S/C22H26N6O2/c1-4-28-16(3)18(15(2)25-28)12-23-21(29)19-14-26-10-11-27(22(30)20(26)24-19)13-17-8-6-5-7-9-17/h5-9,14H,4,10-13H2,1-3H3,(H,23,29). The molecule has 0 bridgehead atoms. The van der Waals surface area contributed by atoms with Gasteiger partial charge in [0.05, 0.1) is 5.69 Å². The van der Waals surface area contributed by atoms with Gasteiger partial charge < -0.3 is 14.8 Å². The second kappa shape index (κ2) is 8.14. The highest BCUT2D eigenvalue weighted by molar-refractivity contribution is 5.96. The molecule has 1 aromatic carbocycles. The molecule has 1 aliphatic heterocycles. The maximum Gasteiger partial charge on any atom is 0.290 e. The van der Waals surface area contributed by atoms with Gasteiger partial charge in [-0.2, -0.15) is 5.10 Å². The summed E-state index contributed by atoms with van der Waals surface area (Å²) in [7, 11) is 0. The number of benzene rings is 1. The fraction of sp³-hybridized carbons (Fsp3) is 0.364. The predicted octanol–water partition coefficient (Wildman–Crippen LogP) is 2.30. The first-order chi connectivity index (χ1) is 14.5. The Kier molecular flexibility index (Phi) is 5.39. The van der Waals surface area contributed by atoms with Crippen LogP contribution < -0.4 is 5.32 Å². The minimum Gasteiger partial charge on any atom is -0.346 e. The molecule has 0 aliphatic carbocycles. The van der Waals surface area contributed by atoms with Crippen LogP contribution in [0.15, 0.2) is 36.5 Å². The van der Waals surface area contributed by atoms with E-state index < -0.39 is 0 Å². The Balaban J connectivity index is 1.45. The van der Waals surface area contributed by atoms with Gasteiger partial charge in [0, 0.05) is 50.2 Å². The number of aromatic nitrogens is 4. The van der Waals surface area contributed by atoms with E-state index in [1.807, 2.05) is 55.8 Å². The van der Waals surface area contributed by atoms with Gasteiger partial charge in [0.1, 0.15) is 5.69 Å². The van der Waals surface area contributed by atoms with Crippen LogP contribution in [0.1, 0.15) is 50.5 Å². The molecule has 0 atom stereocenters. The molecule has 0 saturated heterocycles. The molecular weight excluding hydrogens is 380 g/mol. The Hall–Kier alpha value is -3.42. The van der Waals surface area contributed by atoms with Crippen molar-refractivity contribution in [2.75, 3.05) is 6.54 Å². The van der Waals surface area contributed by atoms with Crippen LogP contribution in [0.25, 0.3) is 0 Å². The highest BCUT2D eigenvalue weighted by Crippen LogP contribution is 2.17. The number of amides is 2. The predicted molar refractivity (Wildman–Crippen MR) is 112 cm³/mol. The Labute approximate surface area is 175 Å². The van der Waals surface area contributed by atoms with E-state index in [4.69, 9.17) is 0 Å². The summed E-state index contributed by atoms with van der Waals surface area (Å²) in [4.78, 5) is 31.6. The fourth-order valence-electron chi connectivity index (χ4n) is 3.85. The zero-order valence-corrected chi connectivity index (χ0v) is 17.6. The lowest BCUT2D eigenvalue weighted by Gasteiger charge is -2.27. The maximum absolute atomic E-state index is 12.9. The molecule has 156 valence electrons. The highest BCUT2D eigenvalue weighted by Gasteiger charge is 2.28. The number of nitrogens with one attached hydrogen (secondary N) is 1. The Morgan fingerprint density at radius 1 is 1.17 bits per heavy atom. The summed E-state index contributed by atoms with van der Waals surface area (Å²) in [6.45, 7) is 8.89. The summed E-state index contributed by atoms with van der Waals surface area (Å²) in [6.07, 6.45) is 1.66. The molecule has 2 amide bonds. The molecule has 8 heteroatoms. The van der Waals surface area contributed by atoms with Crippen LogP contribution in [0, 0.1) is 13.8 Å². The minimum absolute atomic E-state index is 0.153. The van der Waals surface area contributed by atoms with Crippen molar-refractivity contribution in [2.45, 2.75) is 47.0 Å². The lowest BCUT2D eigenvalue weighted by atomic mass is 10.2. The summed E-state index contributed by atoms with van der Waals surface area (Å²) in [6, 6.07) is 9.87. The first-order valence-electron chi connectivity index (χ1n) is 10.2. The molecule has 3 aromatic rings. The van der Waals surface area contributed by atoms with Crippen LogP contribution in [0.3, 0.4) is 0 Å². The van der Waals surface area contributed by atoms with E-state index in [2.05, 4.69) is 15.4 Å². The van der Waals surface area contributed by atoms with E-state index in [-0.39, 0.29) is 17.5 Å². The molecule has 0 radical (unpaired) electrons. The second-order valence-electron chi connectivity index (χ2n) is 7.50. The Morgan fingerprint density at radius 2 is 1.93 bits per heavy atom. The zero-order valence-electron chi connectivity index (χ0n) is 17.6. The molecule has 0 saturated carbocycles. The number of rotatable bonds is 6. The third-order valence-corrected chi connectivity index (χ3v) is 5.57. The summed E-state index contributed by atoms with van der Waals surface area (Å²) < 4.78 is 3.69. The number of hydrogen-bond donors (Lipinski definition) is 1. The van der Waals surface area contributed by atoms with Crippen molar-refractivity contribution in [3.05, 3.63) is 70.6 Å². The van der Waals surface area contributed by atoms with E-state index in [0.29, 0.717) is 32.0 Å². The van der Waals surface area contributed by atoms with Gasteiger partial charge in [-0.25, -0.2) is 4.98 Å². The SMILES string of the molecule is CCn1nc(C)c(CNC(=O)c2cn3c(n2)C(=O)N(Cc2ccccc2)CC3)c1C. The molecule has 8 nitrogen and oxygen atoms in total. The van der Waals surface area contributed by atoms with Gasteiger partial charge in [0.25, 0.3) is 11.8 Å². The summed E-state index contributed by atoms with van der Waals surface area (Å²) >= 11 is 0. The van der Waals surface area contributed by atoms with Crippen LogP contribution >= 0.6 is 0 Å². The first kappa shape index (κ1) is 19.9. The maximum atomic E-state index is 12.9. The zero-order chi connectivity index (χ0) is 21.3. The van der Waals surface area contributed by atoms with Crippen molar-refractivity contribution in [1.82, 2.24) is 29.5 Å². The van der Waals surface area contributed by atoms with Crippen LogP contribution in [0.5, 0.6) is 0 Å². The van der Waals surface area contributed by atoms with Gasteiger partial charge in [-0.15, -0.1) is 0 Å². The molecule has 0 spiro atoms. The molecule has 4 rings (SSSR count). The van der Waals surface area contributed by atoms with Gasteiger partial charge in [0.2, 0.25) is 0 Å². The molecule has 1 N–H and O–H groups in total. The Morgan fingerprint density at radius 3 is 2.63 bits per heavy atom. The average Bonchev–Trinajstić information content (AvgIpc) is 3.31. The normalized spacial score (nSPS) is 13.4. The van der Waals surface area contributed by atoms with E-state index in [0.717, 1.165) is 29.1 Å².